The highest BCUT2D eigenvalue weighted by atomic mass is 16.5. The molecule has 0 aromatic heterocycles. The van der Waals surface area contributed by atoms with E-state index >= 15 is 0 Å². The second-order valence-corrected chi connectivity index (χ2v) is 5.32. The topological polar surface area (TPSA) is 64.6 Å². The fraction of sp³-hybridized carbons (Fsp3) is 0.263. The number of amides is 1. The third-order valence-corrected chi connectivity index (χ3v) is 3.71. The number of benzene rings is 2. The van der Waals surface area contributed by atoms with Crippen LogP contribution < -0.4 is 14.8 Å². The quantitative estimate of drug-likeness (QED) is 0.792. The van der Waals surface area contributed by atoms with Gasteiger partial charge in [0.25, 0.3) is 5.91 Å². The monoisotopic (exact) mass is 327 g/mol. The molecule has 2 aromatic carbocycles. The Hall–Kier alpha value is -2.82. The number of aldehydes is 1. The maximum atomic E-state index is 12.2. The second-order valence-electron chi connectivity index (χ2n) is 5.32. The highest BCUT2D eigenvalue weighted by Gasteiger charge is 2.11. The predicted molar refractivity (Wildman–Crippen MR) is 93.1 cm³/mol. The van der Waals surface area contributed by atoms with E-state index in [4.69, 9.17) is 9.47 Å². The van der Waals surface area contributed by atoms with Crippen molar-refractivity contribution in [3.8, 4) is 11.5 Å². The van der Waals surface area contributed by atoms with Crippen LogP contribution in [0.25, 0.3) is 0 Å². The van der Waals surface area contributed by atoms with Crippen molar-refractivity contribution in [3.05, 3.63) is 53.1 Å². The lowest BCUT2D eigenvalue weighted by Gasteiger charge is -2.14. The van der Waals surface area contributed by atoms with Crippen molar-refractivity contribution >= 4 is 17.9 Å². The van der Waals surface area contributed by atoms with E-state index in [0.29, 0.717) is 23.3 Å². The fourth-order valence-corrected chi connectivity index (χ4v) is 2.40. The first-order valence-corrected chi connectivity index (χ1v) is 7.73. The van der Waals surface area contributed by atoms with Crippen molar-refractivity contribution in [3.63, 3.8) is 0 Å². The number of rotatable bonds is 7. The lowest BCUT2D eigenvalue weighted by Crippen LogP contribution is -2.21. The van der Waals surface area contributed by atoms with Gasteiger partial charge in [0.2, 0.25) is 0 Å². The first kappa shape index (κ1) is 17.5. The van der Waals surface area contributed by atoms with Gasteiger partial charge in [0, 0.05) is 5.69 Å². The highest BCUT2D eigenvalue weighted by molar-refractivity contribution is 5.93. The van der Waals surface area contributed by atoms with Crippen LogP contribution in [-0.4, -0.2) is 25.9 Å². The molecule has 1 N–H and O–H groups in total. The van der Waals surface area contributed by atoms with Gasteiger partial charge in [-0.25, -0.2) is 0 Å². The van der Waals surface area contributed by atoms with Gasteiger partial charge in [-0.05, 0) is 42.7 Å². The molecule has 0 saturated carbocycles. The lowest BCUT2D eigenvalue weighted by atomic mass is 10.1. The molecular weight excluding hydrogens is 306 g/mol. The number of ether oxygens (including phenoxy) is 2. The summed E-state index contributed by atoms with van der Waals surface area (Å²) in [7, 11) is 1.52. The number of hydrogen-bond acceptors (Lipinski definition) is 4. The van der Waals surface area contributed by atoms with Crippen molar-refractivity contribution in [1.82, 2.24) is 0 Å². The molecule has 0 fully saturated rings. The van der Waals surface area contributed by atoms with Crippen LogP contribution in [0, 0.1) is 6.92 Å². The maximum Gasteiger partial charge on any atom is 0.262 e. The Labute approximate surface area is 141 Å². The molecule has 0 spiro atoms. The van der Waals surface area contributed by atoms with E-state index in [2.05, 4.69) is 5.32 Å². The van der Waals surface area contributed by atoms with E-state index in [0.717, 1.165) is 23.2 Å². The van der Waals surface area contributed by atoms with E-state index in [1.807, 2.05) is 32.0 Å². The summed E-state index contributed by atoms with van der Waals surface area (Å²) >= 11 is 0. The van der Waals surface area contributed by atoms with Crippen LogP contribution >= 0.6 is 0 Å². The first-order valence-electron chi connectivity index (χ1n) is 7.73. The number of hydrogen-bond donors (Lipinski definition) is 1. The highest BCUT2D eigenvalue weighted by Crippen LogP contribution is 2.23. The molecule has 0 aliphatic rings. The standard InChI is InChI=1S/C19H21NO4/c1-4-14-7-5-6-13(2)19(14)20-18(22)12-24-17-9-8-16(23-3)10-15(17)11-21/h5-11H,4,12H2,1-3H3,(H,20,22). The zero-order chi connectivity index (χ0) is 17.5. The fourth-order valence-electron chi connectivity index (χ4n) is 2.40. The Bertz CT molecular complexity index is 740. The van der Waals surface area contributed by atoms with Gasteiger partial charge in [-0.1, -0.05) is 25.1 Å². The molecule has 2 rings (SSSR count). The summed E-state index contributed by atoms with van der Waals surface area (Å²) in [5.41, 5.74) is 3.23. The number of anilines is 1. The minimum Gasteiger partial charge on any atom is -0.497 e. The van der Waals surface area contributed by atoms with E-state index in [1.165, 1.54) is 7.11 Å². The van der Waals surface area contributed by atoms with Gasteiger partial charge in [-0.15, -0.1) is 0 Å². The molecule has 0 radical (unpaired) electrons. The molecule has 0 aliphatic carbocycles. The van der Waals surface area contributed by atoms with Gasteiger partial charge in [0.05, 0.1) is 12.7 Å². The smallest absolute Gasteiger partial charge is 0.262 e. The Kier molecular flexibility index (Phi) is 5.95. The summed E-state index contributed by atoms with van der Waals surface area (Å²) in [6.45, 7) is 3.81. The zero-order valence-electron chi connectivity index (χ0n) is 14.1. The number of carbonyl (C=O) groups is 2. The van der Waals surface area contributed by atoms with Crippen molar-refractivity contribution in [2.45, 2.75) is 20.3 Å². The van der Waals surface area contributed by atoms with Crippen molar-refractivity contribution in [1.29, 1.82) is 0 Å². The summed E-state index contributed by atoms with van der Waals surface area (Å²) in [5, 5.41) is 2.88. The molecule has 0 unspecified atom stereocenters. The van der Waals surface area contributed by atoms with Gasteiger partial charge < -0.3 is 14.8 Å². The van der Waals surface area contributed by atoms with Crippen LogP contribution in [0.4, 0.5) is 5.69 Å². The number of methoxy groups -OCH3 is 1. The number of aryl methyl sites for hydroxylation is 2. The molecule has 2 aromatic rings. The third-order valence-electron chi connectivity index (χ3n) is 3.71. The minimum absolute atomic E-state index is 0.176. The lowest BCUT2D eigenvalue weighted by molar-refractivity contribution is -0.118. The Morgan fingerprint density at radius 1 is 1.25 bits per heavy atom. The van der Waals surface area contributed by atoms with Gasteiger partial charge in [0.15, 0.2) is 12.9 Å². The maximum absolute atomic E-state index is 12.2. The second kappa shape index (κ2) is 8.15. The van der Waals surface area contributed by atoms with E-state index in [-0.39, 0.29) is 12.5 Å². The van der Waals surface area contributed by atoms with Gasteiger partial charge >= 0.3 is 0 Å². The van der Waals surface area contributed by atoms with E-state index in [1.54, 1.807) is 18.2 Å². The summed E-state index contributed by atoms with van der Waals surface area (Å²) in [6, 6.07) is 10.8. The molecule has 0 aliphatic heterocycles. The molecule has 0 atom stereocenters. The largest absolute Gasteiger partial charge is 0.497 e. The average Bonchev–Trinajstić information content (AvgIpc) is 2.61. The van der Waals surface area contributed by atoms with Crippen LogP contribution in [0.3, 0.4) is 0 Å². The molecule has 1 amide bonds. The summed E-state index contributed by atoms with van der Waals surface area (Å²) in [6.07, 6.45) is 1.50. The van der Waals surface area contributed by atoms with Crippen molar-refractivity contribution in [2.24, 2.45) is 0 Å². The molecule has 0 saturated heterocycles. The van der Waals surface area contributed by atoms with E-state index in [9.17, 15) is 9.59 Å². The summed E-state index contributed by atoms with van der Waals surface area (Å²) in [4.78, 5) is 23.3. The van der Waals surface area contributed by atoms with Crippen LogP contribution in [0.1, 0.15) is 28.4 Å². The molecule has 24 heavy (non-hydrogen) atoms. The first-order chi connectivity index (χ1) is 11.6. The van der Waals surface area contributed by atoms with Gasteiger partial charge in [0.1, 0.15) is 11.5 Å². The third kappa shape index (κ3) is 4.13. The molecule has 0 heterocycles. The molecule has 126 valence electrons. The summed E-state index contributed by atoms with van der Waals surface area (Å²) in [5.74, 6) is 0.634. The average molecular weight is 327 g/mol. The predicted octanol–water partition coefficient (Wildman–Crippen LogP) is 3.40. The molecule has 5 heteroatoms. The number of nitrogens with one attached hydrogen (secondary N) is 1. The summed E-state index contributed by atoms with van der Waals surface area (Å²) < 4.78 is 10.5. The Balaban J connectivity index is 2.05. The zero-order valence-corrected chi connectivity index (χ0v) is 14.1. The normalized spacial score (nSPS) is 10.1. The van der Waals surface area contributed by atoms with Crippen LogP contribution in [0.15, 0.2) is 36.4 Å². The van der Waals surface area contributed by atoms with E-state index < -0.39 is 0 Å². The molecule has 0 bridgehead atoms. The van der Waals surface area contributed by atoms with Crippen LogP contribution in [-0.2, 0) is 11.2 Å². The Morgan fingerprint density at radius 2 is 2.04 bits per heavy atom. The molecule has 5 nitrogen and oxygen atoms in total. The minimum atomic E-state index is -0.272. The van der Waals surface area contributed by atoms with Crippen molar-refractivity contribution < 1.29 is 19.1 Å². The van der Waals surface area contributed by atoms with Crippen LogP contribution in [0.2, 0.25) is 0 Å². The van der Waals surface area contributed by atoms with Crippen LogP contribution in [0.5, 0.6) is 11.5 Å². The van der Waals surface area contributed by atoms with Gasteiger partial charge in [-0.2, -0.15) is 0 Å². The SMILES string of the molecule is CCc1cccc(C)c1NC(=O)COc1ccc(OC)cc1C=O. The van der Waals surface area contributed by atoms with Crippen molar-refractivity contribution in [2.75, 3.05) is 19.0 Å². The Morgan fingerprint density at radius 3 is 2.71 bits per heavy atom. The molecular formula is C19H21NO4. The number of carbonyl (C=O) groups excluding carboxylic acids is 2. The number of para-hydroxylation sites is 1. The van der Waals surface area contributed by atoms with Gasteiger partial charge in [-0.3, -0.25) is 9.59 Å².